The van der Waals surface area contributed by atoms with E-state index in [-0.39, 0.29) is 50.0 Å². The van der Waals surface area contributed by atoms with Crippen molar-refractivity contribution in [3.8, 4) is 0 Å². The van der Waals surface area contributed by atoms with Crippen LogP contribution in [0.3, 0.4) is 0 Å². The average Bonchev–Trinajstić information content (AvgIpc) is 3.30. The molecule has 0 aliphatic carbocycles. The zero-order chi connectivity index (χ0) is 33.3. The minimum Gasteiger partial charge on any atom is -0.445 e. The monoisotopic (exact) mass is 648 g/mol. The third-order valence-electron chi connectivity index (χ3n) is 8.39. The smallest absolute Gasteiger partial charge is 0.416 e. The predicted octanol–water partition coefficient (Wildman–Crippen LogP) is 8.12. The molecule has 13 heteroatoms. The second-order valence-electron chi connectivity index (χ2n) is 11.3. The molecule has 2 amide bonds. The van der Waals surface area contributed by atoms with Crippen LogP contribution in [-0.2, 0) is 38.7 Å². The molecule has 2 aliphatic heterocycles. The molecule has 1 spiro atoms. The Bertz CT molecular complexity index is 1570. The number of nitrogens with one attached hydrogen (secondary N) is 1. The van der Waals surface area contributed by atoms with E-state index >= 15 is 0 Å². The van der Waals surface area contributed by atoms with E-state index in [0.29, 0.717) is 23.3 Å². The molecule has 2 heterocycles. The van der Waals surface area contributed by atoms with Crippen LogP contribution in [-0.4, -0.2) is 35.8 Å². The number of cyclic esters (lactones) is 1. The van der Waals surface area contributed by atoms with Crippen LogP contribution in [0.25, 0.3) is 0 Å². The van der Waals surface area contributed by atoms with Crippen molar-refractivity contribution in [2.24, 2.45) is 0 Å². The van der Waals surface area contributed by atoms with E-state index in [0.717, 1.165) is 0 Å². The standard InChI is InChI=1S/C33H30F6N2O5/c1-21(24-15-26(32(34,35)36)17-27(16-24)33(37,38)39)45-20-31(25-11-7-4-8-12-25)14-13-30(22(2)46-28(42)40-30)19-41(31)29(43)44-18-23-9-5-3-6-10-23/h3-12,15-17,21H,2,13-14,18-20H2,1H3,(H,40,42)/t21?,30?,31-/m1/s1. The lowest BCUT2D eigenvalue weighted by atomic mass is 9.74. The van der Waals surface area contributed by atoms with Crippen molar-refractivity contribution in [1.29, 1.82) is 0 Å². The summed E-state index contributed by atoms with van der Waals surface area (Å²) in [5.41, 5.74) is -4.50. The Hall–Kier alpha value is -4.52. The minimum absolute atomic E-state index is 0.0531. The van der Waals surface area contributed by atoms with Crippen molar-refractivity contribution in [3.63, 3.8) is 0 Å². The van der Waals surface area contributed by atoms with Gasteiger partial charge >= 0.3 is 24.5 Å². The highest BCUT2D eigenvalue weighted by Gasteiger charge is 2.56. The molecule has 5 rings (SSSR count). The summed E-state index contributed by atoms with van der Waals surface area (Å²) < 4.78 is 98.5. The van der Waals surface area contributed by atoms with Crippen LogP contribution >= 0.6 is 0 Å². The number of halogens is 6. The van der Waals surface area contributed by atoms with E-state index in [1.165, 1.54) is 11.8 Å². The summed E-state index contributed by atoms with van der Waals surface area (Å²) in [6, 6.07) is 18.8. The summed E-state index contributed by atoms with van der Waals surface area (Å²) in [6.07, 6.45) is -12.5. The van der Waals surface area contributed by atoms with Gasteiger partial charge in [0.25, 0.3) is 0 Å². The Morgan fingerprint density at radius 3 is 2.09 bits per heavy atom. The van der Waals surface area contributed by atoms with E-state index in [9.17, 15) is 35.9 Å². The number of alkyl carbamates (subject to hydrolysis) is 1. The molecule has 2 aliphatic rings. The number of hydrogen-bond donors (Lipinski definition) is 1. The summed E-state index contributed by atoms with van der Waals surface area (Å²) in [5, 5.41) is 2.73. The minimum atomic E-state index is -5.03. The summed E-state index contributed by atoms with van der Waals surface area (Å²) in [6.45, 7) is 4.59. The Morgan fingerprint density at radius 1 is 0.957 bits per heavy atom. The number of carbonyl (C=O) groups is 2. The Labute approximate surface area is 260 Å². The first-order chi connectivity index (χ1) is 21.6. The maximum atomic E-state index is 13.9. The fraction of sp³-hybridized carbons (Fsp3) is 0.333. The van der Waals surface area contributed by atoms with Gasteiger partial charge in [0.1, 0.15) is 17.9 Å². The van der Waals surface area contributed by atoms with Crippen LogP contribution in [0.1, 0.15) is 53.7 Å². The highest BCUT2D eigenvalue weighted by Crippen LogP contribution is 2.46. The van der Waals surface area contributed by atoms with Gasteiger partial charge in [-0.1, -0.05) is 67.2 Å². The number of amides is 2. The predicted molar refractivity (Wildman–Crippen MR) is 153 cm³/mol. The molecule has 0 aromatic heterocycles. The molecule has 46 heavy (non-hydrogen) atoms. The summed E-state index contributed by atoms with van der Waals surface area (Å²) in [5.74, 6) is 0.0953. The Balaban J connectivity index is 1.52. The molecular weight excluding hydrogens is 618 g/mol. The normalized spacial score (nSPS) is 22.4. The molecule has 0 bridgehead atoms. The highest BCUT2D eigenvalue weighted by molar-refractivity contribution is 5.76. The maximum absolute atomic E-state index is 13.9. The summed E-state index contributed by atoms with van der Waals surface area (Å²) in [7, 11) is 0. The summed E-state index contributed by atoms with van der Waals surface area (Å²) in [4.78, 5) is 27.5. The van der Waals surface area contributed by atoms with Crippen LogP contribution in [0.4, 0.5) is 35.9 Å². The molecule has 0 saturated carbocycles. The van der Waals surface area contributed by atoms with Gasteiger partial charge in [-0.05, 0) is 54.7 Å². The van der Waals surface area contributed by atoms with Gasteiger partial charge in [-0.25, -0.2) is 9.59 Å². The number of benzene rings is 3. The van der Waals surface area contributed by atoms with Gasteiger partial charge in [-0.3, -0.25) is 4.90 Å². The molecular formula is C33H30F6N2O5. The topological polar surface area (TPSA) is 77.1 Å². The number of rotatable bonds is 7. The number of nitrogens with zero attached hydrogens (tertiary/aromatic N) is 1. The number of ether oxygens (including phenoxy) is 3. The van der Waals surface area contributed by atoms with Crippen LogP contribution in [0.15, 0.2) is 91.2 Å². The lowest BCUT2D eigenvalue weighted by Gasteiger charge is -2.51. The molecule has 2 unspecified atom stereocenters. The van der Waals surface area contributed by atoms with E-state index in [4.69, 9.17) is 14.2 Å². The van der Waals surface area contributed by atoms with Crippen LogP contribution in [0.5, 0.6) is 0 Å². The fourth-order valence-corrected chi connectivity index (χ4v) is 5.78. The molecule has 3 aromatic carbocycles. The van der Waals surface area contributed by atoms with Gasteiger partial charge in [0.2, 0.25) is 0 Å². The number of likely N-dealkylation sites (tertiary alicyclic amines) is 1. The van der Waals surface area contributed by atoms with E-state index in [2.05, 4.69) is 11.9 Å². The first-order valence-corrected chi connectivity index (χ1v) is 14.3. The van der Waals surface area contributed by atoms with Crippen LogP contribution < -0.4 is 5.32 Å². The summed E-state index contributed by atoms with van der Waals surface area (Å²) >= 11 is 0. The van der Waals surface area contributed by atoms with E-state index < -0.39 is 52.8 Å². The first kappa shape index (κ1) is 32.9. The Morgan fingerprint density at radius 2 is 1.54 bits per heavy atom. The number of alkyl halides is 6. The van der Waals surface area contributed by atoms with Gasteiger partial charge in [-0.2, -0.15) is 26.3 Å². The lowest BCUT2D eigenvalue weighted by molar-refractivity contribution is -0.143. The quantitative estimate of drug-likeness (QED) is 0.262. The SMILES string of the molecule is C=C1OC(=O)NC12CC[C@@](COC(C)c1cc(C(F)(F)F)cc(C(F)(F)F)c1)(c1ccccc1)N(C(=O)OCc1ccccc1)C2. The van der Waals surface area contributed by atoms with Gasteiger partial charge in [0, 0.05) is 0 Å². The van der Waals surface area contributed by atoms with Gasteiger partial charge in [-0.15, -0.1) is 0 Å². The average molecular weight is 649 g/mol. The van der Waals surface area contributed by atoms with Gasteiger partial charge in [0.05, 0.1) is 35.9 Å². The second-order valence-corrected chi connectivity index (χ2v) is 11.3. The highest BCUT2D eigenvalue weighted by atomic mass is 19.4. The zero-order valence-corrected chi connectivity index (χ0v) is 24.6. The molecule has 0 radical (unpaired) electrons. The molecule has 2 saturated heterocycles. The molecule has 244 valence electrons. The largest absolute Gasteiger partial charge is 0.445 e. The van der Waals surface area contributed by atoms with Crippen molar-refractivity contribution in [1.82, 2.24) is 10.2 Å². The maximum Gasteiger partial charge on any atom is 0.416 e. The van der Waals surface area contributed by atoms with Crippen LogP contribution in [0, 0.1) is 0 Å². The first-order valence-electron chi connectivity index (χ1n) is 14.3. The van der Waals surface area contributed by atoms with Crippen molar-refractivity contribution in [2.75, 3.05) is 13.2 Å². The van der Waals surface area contributed by atoms with E-state index in [1.54, 1.807) is 60.7 Å². The number of carbonyl (C=O) groups excluding carboxylic acids is 2. The zero-order valence-electron chi connectivity index (χ0n) is 24.6. The van der Waals surface area contributed by atoms with E-state index in [1.807, 2.05) is 0 Å². The second kappa shape index (κ2) is 12.3. The third-order valence-corrected chi connectivity index (χ3v) is 8.39. The molecule has 2 fully saturated rings. The molecule has 3 aromatic rings. The van der Waals surface area contributed by atoms with Gasteiger partial charge < -0.3 is 19.5 Å². The van der Waals surface area contributed by atoms with Crippen LogP contribution in [0.2, 0.25) is 0 Å². The van der Waals surface area contributed by atoms with Crippen molar-refractivity contribution in [2.45, 2.75) is 55.9 Å². The van der Waals surface area contributed by atoms with Crippen molar-refractivity contribution in [3.05, 3.63) is 119 Å². The third kappa shape index (κ3) is 6.69. The molecule has 7 nitrogen and oxygen atoms in total. The number of piperidine rings is 1. The van der Waals surface area contributed by atoms with Crippen molar-refractivity contribution >= 4 is 12.2 Å². The Kier molecular flexibility index (Phi) is 8.82. The number of hydrogen-bond acceptors (Lipinski definition) is 5. The molecule has 1 N–H and O–H groups in total. The van der Waals surface area contributed by atoms with Crippen molar-refractivity contribution < 1.29 is 50.1 Å². The molecule has 3 atom stereocenters. The fourth-order valence-electron chi connectivity index (χ4n) is 5.78. The van der Waals surface area contributed by atoms with Gasteiger partial charge in [0.15, 0.2) is 0 Å². The lowest BCUT2D eigenvalue weighted by Crippen LogP contribution is -2.65.